The molecule has 0 saturated carbocycles. The number of rotatable bonds is 4. The van der Waals surface area contributed by atoms with E-state index in [2.05, 4.69) is 38.3 Å². The summed E-state index contributed by atoms with van der Waals surface area (Å²) in [4.78, 5) is 25.0. The maximum absolute atomic E-state index is 12.3. The third-order valence-corrected chi connectivity index (χ3v) is 5.97. The van der Waals surface area contributed by atoms with Crippen molar-refractivity contribution in [1.29, 1.82) is 0 Å². The van der Waals surface area contributed by atoms with Crippen LogP contribution in [0.3, 0.4) is 0 Å². The predicted molar refractivity (Wildman–Crippen MR) is 87.1 cm³/mol. The normalized spacial score (nSPS) is 27.2. The first-order valence-electron chi connectivity index (χ1n) is 7.75. The SMILES string of the molecule is Cc1c(Br)c([N+](=O)[O-])nn1CC(=O)NC1CC2CCC(C1)N2C. The van der Waals surface area contributed by atoms with E-state index in [4.69, 9.17) is 0 Å². The monoisotopic (exact) mass is 385 g/mol. The van der Waals surface area contributed by atoms with Gasteiger partial charge in [0.2, 0.25) is 5.91 Å². The van der Waals surface area contributed by atoms with Gasteiger partial charge in [-0.3, -0.25) is 4.79 Å². The first-order chi connectivity index (χ1) is 10.9. The second-order valence-corrected chi connectivity index (χ2v) is 7.22. The molecule has 1 amide bonds. The Bertz CT molecular complexity index is 633. The van der Waals surface area contributed by atoms with E-state index < -0.39 is 4.92 Å². The minimum atomic E-state index is -0.555. The molecule has 0 radical (unpaired) electrons. The molecule has 2 unspecified atom stereocenters. The van der Waals surface area contributed by atoms with Crippen LogP contribution in [0.1, 0.15) is 31.4 Å². The highest BCUT2D eigenvalue weighted by atomic mass is 79.9. The van der Waals surface area contributed by atoms with Crippen LogP contribution in [0.5, 0.6) is 0 Å². The van der Waals surface area contributed by atoms with E-state index in [-0.39, 0.29) is 24.3 Å². The largest absolute Gasteiger partial charge is 0.404 e. The molecule has 0 aromatic carbocycles. The van der Waals surface area contributed by atoms with Crippen molar-refractivity contribution in [1.82, 2.24) is 20.0 Å². The zero-order valence-corrected chi connectivity index (χ0v) is 14.7. The molecule has 2 saturated heterocycles. The lowest BCUT2D eigenvalue weighted by atomic mass is 9.98. The predicted octanol–water partition coefficient (Wildman–Crippen LogP) is 1.60. The Morgan fingerprint density at radius 2 is 2.04 bits per heavy atom. The fraction of sp³-hybridized carbons (Fsp3) is 0.714. The Hall–Kier alpha value is -1.48. The lowest BCUT2D eigenvalue weighted by Gasteiger charge is -2.36. The van der Waals surface area contributed by atoms with Gasteiger partial charge in [-0.15, -0.1) is 0 Å². The first kappa shape index (κ1) is 16.4. The molecule has 1 aromatic heterocycles. The Labute approximate surface area is 142 Å². The van der Waals surface area contributed by atoms with Crippen LogP contribution in [0.25, 0.3) is 0 Å². The third kappa shape index (κ3) is 3.12. The molecule has 3 rings (SSSR count). The average molecular weight is 386 g/mol. The maximum Gasteiger partial charge on any atom is 0.404 e. The van der Waals surface area contributed by atoms with Crippen LogP contribution in [-0.2, 0) is 11.3 Å². The summed E-state index contributed by atoms with van der Waals surface area (Å²) in [6, 6.07) is 1.30. The standard InChI is InChI=1S/C14H20BrN5O3/c1-8-13(15)14(20(22)23)17-19(8)7-12(21)16-9-5-10-3-4-11(6-9)18(10)2/h9-11H,3-7H2,1-2H3,(H,16,21). The van der Waals surface area contributed by atoms with Gasteiger partial charge in [-0.1, -0.05) is 0 Å². The van der Waals surface area contributed by atoms with Crippen LogP contribution in [0.2, 0.25) is 0 Å². The molecule has 0 spiro atoms. The van der Waals surface area contributed by atoms with Gasteiger partial charge >= 0.3 is 5.82 Å². The number of piperidine rings is 1. The molecule has 3 heterocycles. The lowest BCUT2D eigenvalue weighted by Crippen LogP contribution is -2.49. The van der Waals surface area contributed by atoms with Gasteiger partial charge in [0.25, 0.3) is 0 Å². The minimum absolute atomic E-state index is 0.0000536. The number of nitrogens with one attached hydrogen (secondary N) is 1. The molecule has 23 heavy (non-hydrogen) atoms. The first-order valence-corrected chi connectivity index (χ1v) is 8.54. The zero-order chi connectivity index (χ0) is 16.7. The van der Waals surface area contributed by atoms with E-state index in [1.807, 2.05) is 0 Å². The number of hydrogen-bond acceptors (Lipinski definition) is 5. The van der Waals surface area contributed by atoms with Gasteiger partial charge in [-0.2, -0.15) is 4.68 Å². The number of fused-ring (bicyclic) bond motifs is 2. The quantitative estimate of drug-likeness (QED) is 0.627. The summed E-state index contributed by atoms with van der Waals surface area (Å²) >= 11 is 3.16. The maximum atomic E-state index is 12.3. The van der Waals surface area contributed by atoms with E-state index >= 15 is 0 Å². The number of carbonyl (C=O) groups excluding carboxylic acids is 1. The van der Waals surface area contributed by atoms with Crippen molar-refractivity contribution >= 4 is 27.7 Å². The lowest BCUT2D eigenvalue weighted by molar-refractivity contribution is -0.390. The fourth-order valence-corrected chi connectivity index (χ4v) is 4.15. The number of nitrogens with zero attached hydrogens (tertiary/aromatic N) is 4. The summed E-state index contributed by atoms with van der Waals surface area (Å²) in [5.41, 5.74) is 0.579. The van der Waals surface area contributed by atoms with E-state index in [0.717, 1.165) is 12.8 Å². The Morgan fingerprint density at radius 3 is 2.57 bits per heavy atom. The summed E-state index contributed by atoms with van der Waals surface area (Å²) in [7, 11) is 2.16. The number of hydrogen-bond donors (Lipinski definition) is 1. The van der Waals surface area contributed by atoms with E-state index in [1.54, 1.807) is 6.92 Å². The summed E-state index contributed by atoms with van der Waals surface area (Å²) in [6.07, 6.45) is 4.34. The second-order valence-electron chi connectivity index (χ2n) is 6.42. The number of carbonyl (C=O) groups is 1. The second kappa shape index (κ2) is 6.20. The van der Waals surface area contributed by atoms with Crippen molar-refractivity contribution in [3.63, 3.8) is 0 Å². The van der Waals surface area contributed by atoms with Crippen LogP contribution < -0.4 is 5.32 Å². The van der Waals surface area contributed by atoms with Crippen LogP contribution in [0, 0.1) is 17.0 Å². The number of amides is 1. The topological polar surface area (TPSA) is 93.3 Å². The Morgan fingerprint density at radius 1 is 1.43 bits per heavy atom. The highest BCUT2D eigenvalue weighted by Crippen LogP contribution is 2.34. The number of aromatic nitrogens is 2. The molecule has 2 fully saturated rings. The molecular weight excluding hydrogens is 366 g/mol. The molecular formula is C14H20BrN5O3. The molecule has 1 N–H and O–H groups in total. The Balaban J connectivity index is 1.62. The molecule has 2 atom stereocenters. The zero-order valence-electron chi connectivity index (χ0n) is 13.2. The summed E-state index contributed by atoms with van der Waals surface area (Å²) < 4.78 is 1.70. The van der Waals surface area contributed by atoms with Crippen LogP contribution in [0.4, 0.5) is 5.82 Å². The molecule has 126 valence electrons. The Kier molecular flexibility index (Phi) is 4.41. The number of halogens is 1. The van der Waals surface area contributed by atoms with Crippen molar-refractivity contribution in [3.05, 3.63) is 20.3 Å². The van der Waals surface area contributed by atoms with Gasteiger partial charge in [-0.05, 0) is 60.5 Å². The van der Waals surface area contributed by atoms with Crippen LogP contribution >= 0.6 is 15.9 Å². The van der Waals surface area contributed by atoms with Crippen LogP contribution in [-0.4, -0.2) is 50.7 Å². The van der Waals surface area contributed by atoms with E-state index in [0.29, 0.717) is 22.3 Å². The summed E-state index contributed by atoms with van der Waals surface area (Å²) in [5.74, 6) is -0.403. The third-order valence-electron chi connectivity index (χ3n) is 5.05. The van der Waals surface area contributed by atoms with Gasteiger partial charge < -0.3 is 20.3 Å². The molecule has 1 aromatic rings. The highest BCUT2D eigenvalue weighted by Gasteiger charge is 2.38. The van der Waals surface area contributed by atoms with Gasteiger partial charge in [-0.25, -0.2) is 0 Å². The summed E-state index contributed by atoms with van der Waals surface area (Å²) in [6.45, 7) is 1.70. The van der Waals surface area contributed by atoms with Crippen molar-refractivity contribution in [2.45, 2.75) is 57.3 Å². The molecule has 2 aliphatic rings. The number of nitro groups is 1. The molecule has 0 aliphatic carbocycles. The van der Waals surface area contributed by atoms with Crippen molar-refractivity contribution in [2.24, 2.45) is 0 Å². The van der Waals surface area contributed by atoms with E-state index in [9.17, 15) is 14.9 Å². The molecule has 2 aliphatic heterocycles. The van der Waals surface area contributed by atoms with Gasteiger partial charge in [0, 0.05) is 18.1 Å². The molecule has 2 bridgehead atoms. The average Bonchev–Trinajstić information content (AvgIpc) is 2.86. The van der Waals surface area contributed by atoms with Gasteiger partial charge in [0.1, 0.15) is 11.0 Å². The summed E-state index contributed by atoms with van der Waals surface area (Å²) in [5, 5.41) is 17.9. The van der Waals surface area contributed by atoms with Crippen LogP contribution in [0.15, 0.2) is 4.47 Å². The van der Waals surface area contributed by atoms with Gasteiger partial charge in [0.05, 0.1) is 10.8 Å². The fourth-order valence-electron chi connectivity index (χ4n) is 3.72. The minimum Gasteiger partial charge on any atom is -0.358 e. The highest BCUT2D eigenvalue weighted by molar-refractivity contribution is 9.10. The molecule has 8 nitrogen and oxygen atoms in total. The van der Waals surface area contributed by atoms with Crippen molar-refractivity contribution in [3.8, 4) is 0 Å². The van der Waals surface area contributed by atoms with Crippen molar-refractivity contribution in [2.75, 3.05) is 7.05 Å². The van der Waals surface area contributed by atoms with E-state index in [1.165, 1.54) is 17.5 Å². The molecule has 9 heteroatoms. The van der Waals surface area contributed by atoms with Gasteiger partial charge in [0.15, 0.2) is 0 Å². The smallest absolute Gasteiger partial charge is 0.358 e. The van der Waals surface area contributed by atoms with Crippen molar-refractivity contribution < 1.29 is 9.72 Å².